The first-order valence-electron chi connectivity index (χ1n) is 5.96. The summed E-state index contributed by atoms with van der Waals surface area (Å²) in [4.78, 5) is 12.0. The van der Waals surface area contributed by atoms with Gasteiger partial charge in [-0.05, 0) is 36.4 Å². The minimum Gasteiger partial charge on any atom is -0.497 e. The molecule has 1 amide bonds. The zero-order valence-electron chi connectivity index (χ0n) is 10.8. The molecule has 2 rings (SSSR count). The first kappa shape index (κ1) is 14.3. The first-order valence-corrected chi connectivity index (χ1v) is 6.34. The number of ether oxygens (including phenoxy) is 1. The fourth-order valence-corrected chi connectivity index (χ4v) is 1.92. The van der Waals surface area contributed by atoms with Crippen LogP contribution in [0, 0.1) is 5.82 Å². The SMILES string of the molecule is COc1cccc(C(=O)NCc2cc(Cl)ccc2F)c1. The van der Waals surface area contributed by atoms with E-state index in [1.54, 1.807) is 24.3 Å². The van der Waals surface area contributed by atoms with Crippen molar-refractivity contribution in [2.24, 2.45) is 0 Å². The van der Waals surface area contributed by atoms with Gasteiger partial charge >= 0.3 is 0 Å². The minimum atomic E-state index is -0.402. The molecule has 0 saturated heterocycles. The number of carbonyl (C=O) groups is 1. The van der Waals surface area contributed by atoms with Crippen LogP contribution in [0.4, 0.5) is 4.39 Å². The molecule has 104 valence electrons. The van der Waals surface area contributed by atoms with Crippen molar-refractivity contribution in [3.8, 4) is 5.75 Å². The smallest absolute Gasteiger partial charge is 0.251 e. The fourth-order valence-electron chi connectivity index (χ4n) is 1.72. The summed E-state index contributed by atoms with van der Waals surface area (Å²) in [6.07, 6.45) is 0. The minimum absolute atomic E-state index is 0.0719. The number of hydrogen-bond acceptors (Lipinski definition) is 2. The van der Waals surface area contributed by atoms with Crippen LogP contribution < -0.4 is 10.1 Å². The van der Waals surface area contributed by atoms with E-state index in [0.29, 0.717) is 21.9 Å². The van der Waals surface area contributed by atoms with Gasteiger partial charge in [-0.25, -0.2) is 4.39 Å². The predicted octanol–water partition coefficient (Wildman–Crippen LogP) is 3.42. The Morgan fingerprint density at radius 2 is 2.10 bits per heavy atom. The highest BCUT2D eigenvalue weighted by molar-refractivity contribution is 6.30. The van der Waals surface area contributed by atoms with Gasteiger partial charge < -0.3 is 10.1 Å². The number of carbonyl (C=O) groups excluding carboxylic acids is 1. The normalized spacial score (nSPS) is 10.2. The summed E-state index contributed by atoms with van der Waals surface area (Å²) in [5.41, 5.74) is 0.792. The van der Waals surface area contributed by atoms with E-state index in [1.807, 2.05) is 0 Å². The summed E-state index contributed by atoms with van der Waals surface area (Å²) in [5, 5.41) is 3.07. The monoisotopic (exact) mass is 293 g/mol. The van der Waals surface area contributed by atoms with Crippen molar-refractivity contribution in [1.82, 2.24) is 5.32 Å². The second-order valence-electron chi connectivity index (χ2n) is 4.15. The van der Waals surface area contributed by atoms with E-state index in [4.69, 9.17) is 16.3 Å². The van der Waals surface area contributed by atoms with Crippen LogP contribution in [0.15, 0.2) is 42.5 Å². The lowest BCUT2D eigenvalue weighted by Crippen LogP contribution is -2.23. The van der Waals surface area contributed by atoms with Crippen LogP contribution in [0.25, 0.3) is 0 Å². The van der Waals surface area contributed by atoms with Crippen LogP contribution in [0.3, 0.4) is 0 Å². The Labute approximate surface area is 121 Å². The van der Waals surface area contributed by atoms with Gasteiger partial charge in [-0.15, -0.1) is 0 Å². The summed E-state index contributed by atoms with van der Waals surface area (Å²) in [5.74, 6) is -0.116. The third-order valence-corrected chi connectivity index (χ3v) is 3.01. The van der Waals surface area contributed by atoms with Crippen molar-refractivity contribution in [2.45, 2.75) is 6.54 Å². The topological polar surface area (TPSA) is 38.3 Å². The lowest BCUT2D eigenvalue weighted by Gasteiger charge is -2.08. The number of amides is 1. The van der Waals surface area contributed by atoms with Crippen molar-refractivity contribution in [1.29, 1.82) is 0 Å². The van der Waals surface area contributed by atoms with E-state index >= 15 is 0 Å². The number of benzene rings is 2. The van der Waals surface area contributed by atoms with Crippen LogP contribution >= 0.6 is 11.6 Å². The Morgan fingerprint density at radius 1 is 1.30 bits per heavy atom. The fraction of sp³-hybridized carbons (Fsp3) is 0.133. The Kier molecular flexibility index (Phi) is 4.58. The Balaban J connectivity index is 2.06. The lowest BCUT2D eigenvalue weighted by molar-refractivity contribution is 0.0950. The van der Waals surface area contributed by atoms with Crippen LogP contribution in [0.1, 0.15) is 15.9 Å². The molecule has 0 aliphatic heterocycles. The molecule has 0 radical (unpaired) electrons. The molecule has 0 saturated carbocycles. The van der Waals surface area contributed by atoms with Crippen LogP contribution in [0.2, 0.25) is 5.02 Å². The van der Waals surface area contributed by atoms with Crippen molar-refractivity contribution >= 4 is 17.5 Å². The van der Waals surface area contributed by atoms with E-state index in [2.05, 4.69) is 5.32 Å². The quantitative estimate of drug-likeness (QED) is 0.938. The molecule has 0 fully saturated rings. The highest BCUT2D eigenvalue weighted by Gasteiger charge is 2.08. The molecule has 2 aromatic rings. The number of halogens is 2. The standard InChI is InChI=1S/C15H13ClFNO2/c1-20-13-4-2-3-10(8-13)15(19)18-9-11-7-12(16)5-6-14(11)17/h2-8H,9H2,1H3,(H,18,19). The van der Waals surface area contributed by atoms with E-state index in [9.17, 15) is 9.18 Å². The van der Waals surface area contributed by atoms with Crippen LogP contribution in [-0.4, -0.2) is 13.0 Å². The maximum Gasteiger partial charge on any atom is 0.251 e. The first-order chi connectivity index (χ1) is 9.60. The molecule has 0 aliphatic carbocycles. The molecular formula is C15H13ClFNO2. The molecule has 3 nitrogen and oxygen atoms in total. The van der Waals surface area contributed by atoms with Gasteiger partial charge in [0.05, 0.1) is 7.11 Å². The Bertz CT molecular complexity index is 631. The largest absolute Gasteiger partial charge is 0.497 e. The summed E-state index contributed by atoms with van der Waals surface area (Å²) < 4.78 is 18.6. The molecule has 2 aromatic carbocycles. The Hall–Kier alpha value is -2.07. The Morgan fingerprint density at radius 3 is 2.85 bits per heavy atom. The molecule has 20 heavy (non-hydrogen) atoms. The molecule has 0 unspecified atom stereocenters. The third-order valence-electron chi connectivity index (χ3n) is 2.78. The van der Waals surface area contributed by atoms with Crippen molar-refractivity contribution < 1.29 is 13.9 Å². The second-order valence-corrected chi connectivity index (χ2v) is 4.59. The maximum atomic E-state index is 13.5. The summed E-state index contributed by atoms with van der Waals surface area (Å²) in [7, 11) is 1.53. The highest BCUT2D eigenvalue weighted by atomic mass is 35.5. The van der Waals surface area contributed by atoms with Crippen molar-refractivity contribution in [3.05, 3.63) is 64.4 Å². The van der Waals surface area contributed by atoms with Gasteiger partial charge in [0.1, 0.15) is 11.6 Å². The number of hydrogen-bond donors (Lipinski definition) is 1. The summed E-state index contributed by atoms with van der Waals surface area (Å²) in [6, 6.07) is 11.0. The van der Waals surface area contributed by atoms with Gasteiger partial charge in [0.15, 0.2) is 0 Å². The van der Waals surface area contributed by atoms with Crippen molar-refractivity contribution in [3.63, 3.8) is 0 Å². The van der Waals surface area contributed by atoms with E-state index in [0.717, 1.165) is 0 Å². The van der Waals surface area contributed by atoms with Gasteiger partial charge in [0.25, 0.3) is 5.91 Å². The molecule has 0 bridgehead atoms. The van der Waals surface area contributed by atoms with Crippen LogP contribution in [-0.2, 0) is 6.54 Å². The molecular weight excluding hydrogens is 281 g/mol. The van der Waals surface area contributed by atoms with Crippen molar-refractivity contribution in [2.75, 3.05) is 7.11 Å². The summed E-state index contributed by atoms with van der Waals surface area (Å²) in [6.45, 7) is 0.0719. The van der Waals surface area contributed by atoms with E-state index in [1.165, 1.54) is 25.3 Å². The summed E-state index contributed by atoms with van der Waals surface area (Å²) >= 11 is 5.79. The molecule has 0 aromatic heterocycles. The second kappa shape index (κ2) is 6.39. The maximum absolute atomic E-state index is 13.5. The molecule has 0 heterocycles. The average Bonchev–Trinajstić information content (AvgIpc) is 2.48. The number of methoxy groups -OCH3 is 1. The number of nitrogens with one attached hydrogen (secondary N) is 1. The zero-order valence-corrected chi connectivity index (χ0v) is 11.6. The van der Waals surface area contributed by atoms with Gasteiger partial charge in [0, 0.05) is 22.7 Å². The third kappa shape index (κ3) is 3.48. The zero-order chi connectivity index (χ0) is 14.5. The van der Waals surface area contributed by atoms with Gasteiger partial charge in [-0.2, -0.15) is 0 Å². The predicted molar refractivity (Wildman–Crippen MR) is 75.6 cm³/mol. The van der Waals surface area contributed by atoms with E-state index in [-0.39, 0.29) is 12.5 Å². The molecule has 0 aliphatic rings. The highest BCUT2D eigenvalue weighted by Crippen LogP contribution is 2.15. The van der Waals surface area contributed by atoms with E-state index < -0.39 is 5.82 Å². The molecule has 5 heteroatoms. The van der Waals surface area contributed by atoms with Gasteiger partial charge in [-0.1, -0.05) is 17.7 Å². The van der Waals surface area contributed by atoms with Gasteiger partial charge in [0.2, 0.25) is 0 Å². The van der Waals surface area contributed by atoms with Crippen LogP contribution in [0.5, 0.6) is 5.75 Å². The average molecular weight is 294 g/mol. The molecule has 0 spiro atoms. The lowest BCUT2D eigenvalue weighted by atomic mass is 10.1. The molecule has 1 N–H and O–H groups in total. The van der Waals surface area contributed by atoms with Gasteiger partial charge in [-0.3, -0.25) is 4.79 Å². The number of rotatable bonds is 4. The molecule has 0 atom stereocenters.